The highest BCUT2D eigenvalue weighted by molar-refractivity contribution is 6.09. The lowest BCUT2D eigenvalue weighted by Gasteiger charge is -2.59. The summed E-state index contributed by atoms with van der Waals surface area (Å²) in [6.45, 7) is 2.23. The molecule has 10 aliphatic rings. The van der Waals surface area contributed by atoms with Crippen LogP contribution < -0.4 is 9.80 Å². The van der Waals surface area contributed by atoms with Crippen LogP contribution in [0.15, 0.2) is 84.9 Å². The standard InChI is InChI=1S/C52H56N2/c1-3-11-47-39(7-1)9-5-17-53(47)41-13-15-43-45(25-41)49(51-27-33-19-34(28-51)21-35(20-33)29-51)44-16-14-42(54-18-6-10-40-8-2-4-12-48(40)54)26-46(44)50(43)52-30-36-22-37(31-52)24-38(23-36)32-52/h1-4,7-8,11-16,25-26,33-38H,5-6,9-10,17-24,27-32H2. The number of nitrogens with zero attached hydrogens (tertiary/aromatic N) is 2. The molecule has 0 amide bonds. The lowest BCUT2D eigenvalue weighted by Crippen LogP contribution is -2.49. The number of fused-ring (bicyclic) bond motifs is 4. The van der Waals surface area contributed by atoms with E-state index in [0.717, 1.165) is 48.6 Å². The Morgan fingerprint density at radius 3 is 1.17 bits per heavy atom. The summed E-state index contributed by atoms with van der Waals surface area (Å²) in [7, 11) is 0. The number of rotatable bonds is 4. The maximum absolute atomic E-state index is 2.75. The predicted octanol–water partition coefficient (Wildman–Crippen LogP) is 13.1. The number of hydrogen-bond donors (Lipinski definition) is 0. The van der Waals surface area contributed by atoms with Gasteiger partial charge in [0.15, 0.2) is 0 Å². The molecule has 2 nitrogen and oxygen atoms in total. The summed E-state index contributed by atoms with van der Waals surface area (Å²) < 4.78 is 0. The van der Waals surface area contributed by atoms with Crippen molar-refractivity contribution in [2.24, 2.45) is 35.5 Å². The first kappa shape index (κ1) is 31.4. The zero-order valence-electron chi connectivity index (χ0n) is 32.2. The average molecular weight is 709 g/mol. The molecule has 2 heteroatoms. The highest BCUT2D eigenvalue weighted by atomic mass is 15.1. The largest absolute Gasteiger partial charge is 0.341 e. The predicted molar refractivity (Wildman–Crippen MR) is 225 cm³/mol. The molecule has 0 radical (unpaired) electrons. The Balaban J connectivity index is 1.11. The fourth-order valence-corrected chi connectivity index (χ4v) is 16.1. The second-order valence-electron chi connectivity index (χ2n) is 20.4. The number of hydrogen-bond acceptors (Lipinski definition) is 2. The summed E-state index contributed by atoms with van der Waals surface area (Å²) in [4.78, 5) is 5.38. The van der Waals surface area contributed by atoms with Crippen LogP contribution in [0.25, 0.3) is 21.5 Å². The molecule has 5 aromatic rings. The minimum Gasteiger partial charge on any atom is -0.341 e. The van der Waals surface area contributed by atoms with E-state index in [0.29, 0.717) is 10.8 Å². The summed E-state index contributed by atoms with van der Waals surface area (Å²) >= 11 is 0. The average Bonchev–Trinajstić information content (AvgIpc) is 3.18. The Bertz CT molecular complexity index is 2110. The molecule has 8 saturated carbocycles. The highest BCUT2D eigenvalue weighted by Crippen LogP contribution is 2.66. The fraction of sp³-hybridized carbons (Fsp3) is 0.500. The van der Waals surface area contributed by atoms with Crippen LogP contribution in [0.2, 0.25) is 0 Å². The molecule has 54 heavy (non-hydrogen) atoms. The topological polar surface area (TPSA) is 6.48 Å². The van der Waals surface area contributed by atoms with Crippen molar-refractivity contribution < 1.29 is 0 Å². The first-order chi connectivity index (χ1) is 26.6. The minimum absolute atomic E-state index is 0.308. The van der Waals surface area contributed by atoms with Gasteiger partial charge in [-0.3, -0.25) is 0 Å². The monoisotopic (exact) mass is 708 g/mol. The molecule has 8 bridgehead atoms. The van der Waals surface area contributed by atoms with Crippen LogP contribution >= 0.6 is 0 Å². The van der Waals surface area contributed by atoms with Crippen molar-refractivity contribution in [3.05, 3.63) is 107 Å². The Morgan fingerprint density at radius 1 is 0.407 bits per heavy atom. The van der Waals surface area contributed by atoms with Crippen molar-refractivity contribution in [1.82, 2.24) is 0 Å². The third kappa shape index (κ3) is 4.52. The molecule has 8 fully saturated rings. The number of benzene rings is 5. The van der Waals surface area contributed by atoms with Gasteiger partial charge in [0.1, 0.15) is 0 Å². The highest BCUT2D eigenvalue weighted by Gasteiger charge is 2.55. The SMILES string of the molecule is c1ccc2c(c1)CCCN2c1ccc2c(C34CC5CC(CC(C5)C3)C4)c3cc(N4CCCc5ccccc54)ccc3c(C34CC5CC(CC(C5)C3)C4)c2c1. The first-order valence-corrected chi connectivity index (χ1v) is 22.3. The van der Waals surface area contributed by atoms with Gasteiger partial charge in [0.05, 0.1) is 0 Å². The van der Waals surface area contributed by atoms with E-state index >= 15 is 0 Å². The van der Waals surface area contributed by atoms with E-state index in [1.165, 1.54) is 137 Å². The first-order valence-electron chi connectivity index (χ1n) is 22.3. The van der Waals surface area contributed by atoms with Crippen molar-refractivity contribution in [2.75, 3.05) is 22.9 Å². The van der Waals surface area contributed by atoms with Gasteiger partial charge in [-0.1, -0.05) is 48.5 Å². The van der Waals surface area contributed by atoms with Gasteiger partial charge in [-0.2, -0.15) is 0 Å². The molecule has 0 N–H and O–H groups in total. The summed E-state index contributed by atoms with van der Waals surface area (Å²) in [5, 5.41) is 6.57. The maximum atomic E-state index is 2.75. The van der Waals surface area contributed by atoms with Crippen molar-refractivity contribution in [1.29, 1.82) is 0 Å². The smallest absolute Gasteiger partial charge is 0.0443 e. The molecule has 274 valence electrons. The Kier molecular flexibility index (Phi) is 6.63. The van der Waals surface area contributed by atoms with Crippen LogP contribution in [0.4, 0.5) is 22.7 Å². The second-order valence-corrected chi connectivity index (χ2v) is 20.4. The molecule has 8 aliphatic carbocycles. The second kappa shape index (κ2) is 11.4. The molecule has 2 aliphatic heterocycles. The van der Waals surface area contributed by atoms with E-state index in [4.69, 9.17) is 0 Å². The third-order valence-corrected chi connectivity index (χ3v) is 17.1. The van der Waals surface area contributed by atoms with Gasteiger partial charge in [0.2, 0.25) is 0 Å². The van der Waals surface area contributed by atoms with Crippen molar-refractivity contribution in [3.63, 3.8) is 0 Å². The molecule has 15 rings (SSSR count). The zero-order chi connectivity index (χ0) is 35.2. The lowest BCUT2D eigenvalue weighted by molar-refractivity contribution is -0.00493. The summed E-state index contributed by atoms with van der Waals surface area (Å²) in [5.41, 5.74) is 12.9. The molecule has 0 saturated heterocycles. The summed E-state index contributed by atoms with van der Waals surface area (Å²) in [6, 6.07) is 34.5. The Labute approximate surface area is 322 Å². The van der Waals surface area contributed by atoms with Crippen molar-refractivity contribution in [2.45, 2.75) is 114 Å². The number of aryl methyl sites for hydroxylation is 2. The van der Waals surface area contributed by atoms with Crippen molar-refractivity contribution in [3.8, 4) is 0 Å². The summed E-state index contributed by atoms with van der Waals surface area (Å²) in [6.07, 6.45) is 22.3. The molecule has 5 aromatic carbocycles. The van der Waals surface area contributed by atoms with E-state index in [1.54, 1.807) is 32.7 Å². The number of para-hydroxylation sites is 2. The van der Waals surface area contributed by atoms with Gasteiger partial charge in [-0.25, -0.2) is 0 Å². The van der Waals surface area contributed by atoms with Crippen molar-refractivity contribution >= 4 is 44.3 Å². The fourth-order valence-electron chi connectivity index (χ4n) is 16.1. The van der Waals surface area contributed by atoms with Crippen LogP contribution in [0.1, 0.15) is 112 Å². The van der Waals surface area contributed by atoms with Gasteiger partial charge in [0.25, 0.3) is 0 Å². The quantitative estimate of drug-likeness (QED) is 0.172. The van der Waals surface area contributed by atoms with Gasteiger partial charge in [-0.15, -0.1) is 0 Å². The molecular formula is C52H56N2. The van der Waals surface area contributed by atoms with Gasteiger partial charge in [0, 0.05) is 35.8 Å². The Hall–Kier alpha value is -3.78. The van der Waals surface area contributed by atoms with Crippen LogP contribution in [-0.4, -0.2) is 13.1 Å². The van der Waals surface area contributed by atoms with Crippen LogP contribution in [0, 0.1) is 35.5 Å². The van der Waals surface area contributed by atoms with E-state index in [1.807, 2.05) is 0 Å². The minimum atomic E-state index is 0.308. The molecule has 0 atom stereocenters. The van der Waals surface area contributed by atoms with E-state index in [9.17, 15) is 0 Å². The summed E-state index contributed by atoms with van der Waals surface area (Å²) in [5.74, 6) is 5.53. The molecule has 0 aromatic heterocycles. The van der Waals surface area contributed by atoms with Gasteiger partial charge < -0.3 is 9.80 Å². The zero-order valence-corrected chi connectivity index (χ0v) is 32.2. The molecular weight excluding hydrogens is 653 g/mol. The lowest BCUT2D eigenvalue weighted by atomic mass is 9.46. The van der Waals surface area contributed by atoms with Crippen LogP contribution in [0.3, 0.4) is 0 Å². The number of anilines is 4. The van der Waals surface area contributed by atoms with Gasteiger partial charge >= 0.3 is 0 Å². The van der Waals surface area contributed by atoms with E-state index in [2.05, 4.69) is 94.7 Å². The van der Waals surface area contributed by atoms with E-state index in [-0.39, 0.29) is 0 Å². The Morgan fingerprint density at radius 2 is 0.778 bits per heavy atom. The van der Waals surface area contributed by atoms with Gasteiger partial charge in [-0.05, 0) is 229 Å². The van der Waals surface area contributed by atoms with E-state index < -0.39 is 0 Å². The molecule has 0 unspecified atom stereocenters. The normalized spacial score (nSPS) is 34.5. The molecule has 2 heterocycles. The van der Waals surface area contributed by atoms with Crippen LogP contribution in [0.5, 0.6) is 0 Å². The molecule has 0 spiro atoms. The third-order valence-electron chi connectivity index (χ3n) is 17.1. The maximum Gasteiger partial charge on any atom is 0.0443 e. The van der Waals surface area contributed by atoms with Crippen LogP contribution in [-0.2, 0) is 23.7 Å².